The Bertz CT molecular complexity index is 542. The molecule has 4 nitrogen and oxygen atoms in total. The topological polar surface area (TPSA) is 41.6 Å². The maximum atomic E-state index is 12.3. The molecule has 0 unspecified atom stereocenters. The van der Waals surface area contributed by atoms with Gasteiger partial charge in [0.05, 0.1) is 6.61 Å². The lowest BCUT2D eigenvalue weighted by Crippen LogP contribution is -2.29. The van der Waals surface area contributed by atoms with Crippen LogP contribution in [0.4, 0.5) is 0 Å². The summed E-state index contributed by atoms with van der Waals surface area (Å²) in [5.74, 6) is 2.27. The van der Waals surface area contributed by atoms with Crippen molar-refractivity contribution >= 4 is 5.91 Å². The van der Waals surface area contributed by atoms with E-state index in [9.17, 15) is 4.79 Å². The summed E-state index contributed by atoms with van der Waals surface area (Å²) in [6, 6.07) is 6.01. The maximum absolute atomic E-state index is 12.3. The van der Waals surface area contributed by atoms with Crippen molar-refractivity contribution in [1.29, 1.82) is 0 Å². The molecule has 0 radical (unpaired) electrons. The van der Waals surface area contributed by atoms with Crippen LogP contribution in [0.1, 0.15) is 35.7 Å². The number of rotatable bonds is 3. The largest absolute Gasteiger partial charge is 0.493 e. The SMILES string of the molecule is CC(C)COc1ccc2c(c1)C(=O)NC[C@H]1CN(C)C[C@H]21. The normalized spacial score (nSPS) is 25.2. The van der Waals surface area contributed by atoms with E-state index in [2.05, 4.69) is 37.2 Å². The van der Waals surface area contributed by atoms with Crippen molar-refractivity contribution in [3.05, 3.63) is 29.3 Å². The molecular formula is C17H24N2O2. The highest BCUT2D eigenvalue weighted by Crippen LogP contribution is 2.36. The molecule has 0 aliphatic carbocycles. The first kappa shape index (κ1) is 14.4. The molecule has 2 heterocycles. The standard InChI is InChI=1S/C17H24N2O2/c1-11(2)10-21-13-4-5-14-15(6-13)17(20)18-7-12-8-19(3)9-16(12)14/h4-6,11-12,16H,7-10H2,1-3H3,(H,18,20)/t12-,16-/m0/s1. The number of amides is 1. The van der Waals surface area contributed by atoms with Gasteiger partial charge in [-0.05, 0) is 36.6 Å². The number of hydrogen-bond acceptors (Lipinski definition) is 3. The van der Waals surface area contributed by atoms with Crippen LogP contribution in [-0.4, -0.2) is 44.1 Å². The van der Waals surface area contributed by atoms with Crippen molar-refractivity contribution in [3.63, 3.8) is 0 Å². The third kappa shape index (κ3) is 2.91. The third-order valence-corrected chi connectivity index (χ3v) is 4.40. The van der Waals surface area contributed by atoms with Gasteiger partial charge in [-0.1, -0.05) is 19.9 Å². The highest BCUT2D eigenvalue weighted by atomic mass is 16.5. The summed E-state index contributed by atoms with van der Waals surface area (Å²) in [4.78, 5) is 14.7. The summed E-state index contributed by atoms with van der Waals surface area (Å²) in [6.07, 6.45) is 0. The van der Waals surface area contributed by atoms with Crippen LogP contribution in [0.25, 0.3) is 0 Å². The van der Waals surface area contributed by atoms with Crippen molar-refractivity contribution in [3.8, 4) is 5.75 Å². The van der Waals surface area contributed by atoms with E-state index < -0.39 is 0 Å². The van der Waals surface area contributed by atoms with E-state index in [-0.39, 0.29) is 5.91 Å². The number of likely N-dealkylation sites (N-methyl/N-ethyl adjacent to an activating group) is 1. The van der Waals surface area contributed by atoms with E-state index >= 15 is 0 Å². The molecule has 2 aliphatic heterocycles. The van der Waals surface area contributed by atoms with Crippen LogP contribution < -0.4 is 10.1 Å². The van der Waals surface area contributed by atoms with Crippen molar-refractivity contribution in [2.24, 2.45) is 11.8 Å². The lowest BCUT2D eigenvalue weighted by Gasteiger charge is -2.17. The van der Waals surface area contributed by atoms with Gasteiger partial charge in [0.25, 0.3) is 5.91 Å². The molecule has 114 valence electrons. The lowest BCUT2D eigenvalue weighted by atomic mass is 9.87. The van der Waals surface area contributed by atoms with E-state index in [0.717, 1.165) is 30.9 Å². The van der Waals surface area contributed by atoms with Crippen LogP contribution in [0, 0.1) is 11.8 Å². The number of carbonyl (C=O) groups is 1. The molecule has 0 spiro atoms. The highest BCUT2D eigenvalue weighted by Gasteiger charge is 2.36. The molecule has 0 saturated carbocycles. The second kappa shape index (κ2) is 5.68. The molecule has 2 atom stereocenters. The molecule has 21 heavy (non-hydrogen) atoms. The molecule has 1 fully saturated rings. The fourth-order valence-electron chi connectivity index (χ4n) is 3.37. The Morgan fingerprint density at radius 1 is 1.38 bits per heavy atom. The van der Waals surface area contributed by atoms with Gasteiger partial charge in [-0.25, -0.2) is 0 Å². The summed E-state index contributed by atoms with van der Waals surface area (Å²) >= 11 is 0. The zero-order valence-electron chi connectivity index (χ0n) is 13.1. The summed E-state index contributed by atoms with van der Waals surface area (Å²) in [7, 11) is 2.15. The summed E-state index contributed by atoms with van der Waals surface area (Å²) in [5, 5.41) is 3.06. The molecule has 3 rings (SSSR count). The van der Waals surface area contributed by atoms with E-state index in [0.29, 0.717) is 24.4 Å². The highest BCUT2D eigenvalue weighted by molar-refractivity contribution is 5.96. The van der Waals surface area contributed by atoms with Crippen LogP contribution in [0.5, 0.6) is 5.75 Å². The van der Waals surface area contributed by atoms with Gasteiger partial charge in [-0.3, -0.25) is 4.79 Å². The Labute approximate surface area is 126 Å². The van der Waals surface area contributed by atoms with Crippen LogP contribution in [0.2, 0.25) is 0 Å². The van der Waals surface area contributed by atoms with Gasteiger partial charge in [0.15, 0.2) is 0 Å². The van der Waals surface area contributed by atoms with E-state index in [1.165, 1.54) is 5.56 Å². The molecule has 1 N–H and O–H groups in total. The minimum Gasteiger partial charge on any atom is -0.493 e. The molecule has 2 aliphatic rings. The molecule has 1 amide bonds. The predicted molar refractivity (Wildman–Crippen MR) is 82.8 cm³/mol. The number of benzene rings is 1. The molecule has 0 aromatic heterocycles. The first-order valence-electron chi connectivity index (χ1n) is 7.78. The summed E-state index contributed by atoms with van der Waals surface area (Å²) in [5.41, 5.74) is 1.97. The Kier molecular flexibility index (Phi) is 3.89. The first-order valence-corrected chi connectivity index (χ1v) is 7.78. The number of carbonyl (C=O) groups excluding carboxylic acids is 1. The zero-order chi connectivity index (χ0) is 15.0. The van der Waals surface area contributed by atoms with Gasteiger partial charge in [0.1, 0.15) is 5.75 Å². The van der Waals surface area contributed by atoms with Crippen molar-refractivity contribution < 1.29 is 9.53 Å². The third-order valence-electron chi connectivity index (χ3n) is 4.40. The minimum absolute atomic E-state index is 0.0389. The molecule has 0 bridgehead atoms. The van der Waals surface area contributed by atoms with Gasteiger partial charge in [-0.2, -0.15) is 0 Å². The second-order valence-electron chi connectivity index (χ2n) is 6.75. The van der Waals surface area contributed by atoms with Gasteiger partial charge in [-0.15, -0.1) is 0 Å². The maximum Gasteiger partial charge on any atom is 0.251 e. The molecular weight excluding hydrogens is 264 g/mol. The van der Waals surface area contributed by atoms with E-state index in [1.807, 2.05) is 12.1 Å². The lowest BCUT2D eigenvalue weighted by molar-refractivity contribution is 0.0951. The van der Waals surface area contributed by atoms with Gasteiger partial charge >= 0.3 is 0 Å². The van der Waals surface area contributed by atoms with Crippen LogP contribution in [-0.2, 0) is 0 Å². The van der Waals surface area contributed by atoms with Gasteiger partial charge < -0.3 is 15.0 Å². The average Bonchev–Trinajstić information content (AvgIpc) is 2.77. The smallest absolute Gasteiger partial charge is 0.251 e. The zero-order valence-corrected chi connectivity index (χ0v) is 13.1. The molecule has 1 saturated heterocycles. The van der Waals surface area contributed by atoms with Crippen LogP contribution in [0.3, 0.4) is 0 Å². The van der Waals surface area contributed by atoms with Gasteiger partial charge in [0, 0.05) is 31.1 Å². The number of nitrogens with zero attached hydrogens (tertiary/aromatic N) is 1. The van der Waals surface area contributed by atoms with Crippen molar-refractivity contribution in [2.45, 2.75) is 19.8 Å². The quantitative estimate of drug-likeness (QED) is 0.926. The number of nitrogens with one attached hydrogen (secondary N) is 1. The Morgan fingerprint density at radius 3 is 2.95 bits per heavy atom. The van der Waals surface area contributed by atoms with E-state index in [4.69, 9.17) is 4.74 Å². The monoisotopic (exact) mass is 288 g/mol. The Balaban J connectivity index is 1.90. The predicted octanol–water partition coefficient (Wildman–Crippen LogP) is 2.11. The molecule has 4 heteroatoms. The van der Waals surface area contributed by atoms with E-state index in [1.54, 1.807) is 0 Å². The first-order chi connectivity index (χ1) is 10.0. The summed E-state index contributed by atoms with van der Waals surface area (Å²) < 4.78 is 5.76. The van der Waals surface area contributed by atoms with Gasteiger partial charge in [0.2, 0.25) is 0 Å². The number of hydrogen-bond donors (Lipinski definition) is 1. The fraction of sp³-hybridized carbons (Fsp3) is 0.588. The van der Waals surface area contributed by atoms with Crippen molar-refractivity contribution in [2.75, 3.05) is 33.3 Å². The Morgan fingerprint density at radius 2 is 2.19 bits per heavy atom. The summed E-state index contributed by atoms with van der Waals surface area (Å²) in [6.45, 7) is 7.76. The minimum atomic E-state index is 0.0389. The number of likely N-dealkylation sites (tertiary alicyclic amines) is 1. The number of ether oxygens (including phenoxy) is 1. The number of fused-ring (bicyclic) bond motifs is 3. The van der Waals surface area contributed by atoms with Crippen LogP contribution >= 0.6 is 0 Å². The molecule has 1 aromatic rings. The van der Waals surface area contributed by atoms with Crippen molar-refractivity contribution in [1.82, 2.24) is 10.2 Å². The second-order valence-corrected chi connectivity index (χ2v) is 6.75. The fourth-order valence-corrected chi connectivity index (χ4v) is 3.37. The molecule has 1 aromatic carbocycles. The average molecular weight is 288 g/mol. The Hall–Kier alpha value is -1.55. The van der Waals surface area contributed by atoms with Crippen LogP contribution in [0.15, 0.2) is 18.2 Å².